The number of nitrogens with zero attached hydrogens (tertiary/aromatic N) is 1. The summed E-state index contributed by atoms with van der Waals surface area (Å²) in [4.78, 5) is 2.22. The van der Waals surface area contributed by atoms with Gasteiger partial charge in [0.15, 0.2) is 0 Å². The molecule has 0 aliphatic carbocycles. The van der Waals surface area contributed by atoms with Gasteiger partial charge in [0.1, 0.15) is 11.2 Å². The van der Waals surface area contributed by atoms with E-state index < -0.39 is 24.2 Å². The summed E-state index contributed by atoms with van der Waals surface area (Å²) in [6.45, 7) is 0. The quantitative estimate of drug-likeness (QED) is 0.185. The fourth-order valence-electron chi connectivity index (χ4n) is 7.11. The summed E-state index contributed by atoms with van der Waals surface area (Å²) in [5, 5.41) is 5.34. The maximum atomic E-state index is 9.35. The van der Waals surface area contributed by atoms with Gasteiger partial charge in [0, 0.05) is 32.9 Å². The van der Waals surface area contributed by atoms with Gasteiger partial charge in [0.05, 0.1) is 15.3 Å². The Bertz CT molecular complexity index is 3270. The van der Waals surface area contributed by atoms with Crippen molar-refractivity contribution < 1.29 is 14.0 Å². The SMILES string of the molecule is [2H]c1c([2H])c([2H])c2c([2H])c(-c3cccc4oc5c6ccccc6c(N(c6ccccc6)c6ccc(-c7ccc8ccccc8c7)cc6)cc5c34)c([2H])c([2H])c2c1[2H]. The highest BCUT2D eigenvalue weighted by molar-refractivity contribution is 6.22. The zero-order valence-corrected chi connectivity index (χ0v) is 26.7. The maximum Gasteiger partial charge on any atom is 0.143 e. The Morgan fingerprint density at radius 3 is 2.04 bits per heavy atom. The Balaban J connectivity index is 1.23. The Morgan fingerprint density at radius 2 is 1.18 bits per heavy atom. The molecule has 234 valence electrons. The molecule has 0 bridgehead atoms. The van der Waals surface area contributed by atoms with E-state index in [0.29, 0.717) is 22.1 Å². The average Bonchev–Trinajstić information content (AvgIpc) is 3.63. The van der Waals surface area contributed by atoms with Crippen LogP contribution < -0.4 is 4.90 Å². The van der Waals surface area contributed by atoms with Gasteiger partial charge in [-0.05, 0) is 92.3 Å². The van der Waals surface area contributed by atoms with Crippen molar-refractivity contribution >= 4 is 71.3 Å². The normalized spacial score (nSPS) is 13.6. The van der Waals surface area contributed by atoms with Crippen LogP contribution >= 0.6 is 0 Å². The average molecular weight is 645 g/mol. The van der Waals surface area contributed by atoms with Gasteiger partial charge in [-0.3, -0.25) is 0 Å². The van der Waals surface area contributed by atoms with Crippen molar-refractivity contribution in [3.63, 3.8) is 0 Å². The minimum absolute atomic E-state index is 0.0877. The van der Waals surface area contributed by atoms with Gasteiger partial charge in [-0.15, -0.1) is 0 Å². The molecule has 0 aliphatic heterocycles. The molecular weight excluding hydrogens is 607 g/mol. The lowest BCUT2D eigenvalue weighted by Crippen LogP contribution is -2.10. The van der Waals surface area contributed by atoms with E-state index in [1.807, 2.05) is 48.5 Å². The minimum Gasteiger partial charge on any atom is -0.455 e. The number of hydrogen-bond acceptors (Lipinski definition) is 2. The fourth-order valence-corrected chi connectivity index (χ4v) is 7.11. The van der Waals surface area contributed by atoms with Gasteiger partial charge in [-0.2, -0.15) is 0 Å². The van der Waals surface area contributed by atoms with E-state index in [4.69, 9.17) is 12.6 Å². The van der Waals surface area contributed by atoms with E-state index in [1.165, 1.54) is 10.8 Å². The molecule has 0 aliphatic rings. The summed E-state index contributed by atoms with van der Waals surface area (Å²) in [6.07, 6.45) is 0. The lowest BCUT2D eigenvalue weighted by atomic mass is 9.95. The third-order valence-electron chi connectivity index (χ3n) is 9.46. The number of rotatable bonds is 5. The van der Waals surface area contributed by atoms with E-state index in [1.54, 1.807) is 12.1 Å². The van der Waals surface area contributed by atoms with Crippen LogP contribution in [0.5, 0.6) is 0 Å². The number of hydrogen-bond donors (Lipinski definition) is 0. The van der Waals surface area contributed by atoms with Gasteiger partial charge in [0.25, 0.3) is 0 Å². The Kier molecular flexibility index (Phi) is 5.08. The number of furan rings is 1. The lowest BCUT2D eigenvalue weighted by molar-refractivity contribution is 0.673. The van der Waals surface area contributed by atoms with Crippen LogP contribution in [-0.4, -0.2) is 0 Å². The molecule has 0 radical (unpaired) electrons. The first-order valence-electron chi connectivity index (χ1n) is 20.0. The minimum atomic E-state index is -0.499. The topological polar surface area (TPSA) is 16.4 Å². The smallest absolute Gasteiger partial charge is 0.143 e. The largest absolute Gasteiger partial charge is 0.455 e. The van der Waals surface area contributed by atoms with E-state index in [-0.39, 0.29) is 34.5 Å². The van der Waals surface area contributed by atoms with Crippen molar-refractivity contribution in [3.8, 4) is 22.3 Å². The second-order valence-electron chi connectivity index (χ2n) is 12.4. The number of fused-ring (bicyclic) bond motifs is 7. The molecule has 0 fully saturated rings. The third-order valence-corrected chi connectivity index (χ3v) is 9.46. The number of para-hydroxylation sites is 1. The monoisotopic (exact) mass is 644 g/mol. The standard InChI is InChI=1S/C48H31NO/c1-2-15-39(16-3-1)49(40-27-25-34(26-28-40)37-23-21-32-11-4-6-13-35(32)29-37)45-31-44-47-41(38-24-22-33-12-5-7-14-36(33)30-38)19-10-20-46(47)50-48(44)43-18-9-8-17-42(43)45/h1-31H/i5D,7D,12D,14D,22D,24D,30D. The third kappa shape index (κ3) is 4.65. The molecular formula is C48H31NO. The zero-order valence-electron chi connectivity index (χ0n) is 33.7. The summed E-state index contributed by atoms with van der Waals surface area (Å²) in [5.41, 5.74) is 6.70. The molecule has 0 saturated heterocycles. The number of benzene rings is 9. The van der Waals surface area contributed by atoms with Gasteiger partial charge >= 0.3 is 0 Å². The fraction of sp³-hybridized carbons (Fsp3) is 0. The Hall–Kier alpha value is -6.64. The zero-order chi connectivity index (χ0) is 39.1. The van der Waals surface area contributed by atoms with Crippen molar-refractivity contribution in [1.29, 1.82) is 0 Å². The van der Waals surface area contributed by atoms with E-state index >= 15 is 0 Å². The summed E-state index contributed by atoms with van der Waals surface area (Å²) >= 11 is 0. The van der Waals surface area contributed by atoms with Crippen molar-refractivity contribution in [3.05, 3.63) is 188 Å². The van der Waals surface area contributed by atoms with Crippen molar-refractivity contribution in [2.75, 3.05) is 4.90 Å². The predicted octanol–water partition coefficient (Wildman–Crippen LogP) is 13.8. The van der Waals surface area contributed by atoms with Crippen LogP contribution in [0.15, 0.2) is 192 Å². The molecule has 10 aromatic rings. The molecule has 10 rings (SSSR count). The lowest BCUT2D eigenvalue weighted by Gasteiger charge is -2.27. The number of anilines is 3. The van der Waals surface area contributed by atoms with Crippen LogP contribution in [0.4, 0.5) is 17.1 Å². The van der Waals surface area contributed by atoms with Crippen LogP contribution in [0, 0.1) is 0 Å². The first-order valence-corrected chi connectivity index (χ1v) is 16.5. The molecule has 2 nitrogen and oxygen atoms in total. The first-order chi connectivity index (χ1) is 27.7. The molecule has 0 atom stereocenters. The van der Waals surface area contributed by atoms with Crippen LogP contribution in [0.2, 0.25) is 0 Å². The van der Waals surface area contributed by atoms with E-state index in [0.717, 1.165) is 44.3 Å². The molecule has 0 amide bonds. The van der Waals surface area contributed by atoms with Crippen molar-refractivity contribution in [2.24, 2.45) is 0 Å². The van der Waals surface area contributed by atoms with Gasteiger partial charge in [-0.1, -0.05) is 139 Å². The molecule has 0 unspecified atom stereocenters. The van der Waals surface area contributed by atoms with Crippen molar-refractivity contribution in [1.82, 2.24) is 0 Å². The molecule has 9 aromatic carbocycles. The van der Waals surface area contributed by atoms with Crippen LogP contribution in [0.1, 0.15) is 9.60 Å². The van der Waals surface area contributed by atoms with E-state index in [2.05, 4.69) is 89.8 Å². The highest BCUT2D eigenvalue weighted by Gasteiger charge is 2.21. The highest BCUT2D eigenvalue weighted by Crippen LogP contribution is 2.46. The van der Waals surface area contributed by atoms with E-state index in [9.17, 15) is 1.37 Å². The summed E-state index contributed by atoms with van der Waals surface area (Å²) in [6, 6.07) is 46.4. The van der Waals surface area contributed by atoms with Crippen LogP contribution in [0.3, 0.4) is 0 Å². The van der Waals surface area contributed by atoms with Crippen molar-refractivity contribution in [2.45, 2.75) is 0 Å². The Morgan fingerprint density at radius 1 is 0.460 bits per heavy atom. The highest BCUT2D eigenvalue weighted by atomic mass is 16.3. The summed E-state index contributed by atoms with van der Waals surface area (Å²) in [5.74, 6) is 0. The van der Waals surface area contributed by atoms with Gasteiger partial charge < -0.3 is 9.32 Å². The van der Waals surface area contributed by atoms with Crippen LogP contribution in [0.25, 0.3) is 76.5 Å². The molecule has 50 heavy (non-hydrogen) atoms. The van der Waals surface area contributed by atoms with Gasteiger partial charge in [0.2, 0.25) is 0 Å². The summed E-state index contributed by atoms with van der Waals surface area (Å²) in [7, 11) is 0. The van der Waals surface area contributed by atoms with Crippen LogP contribution in [-0.2, 0) is 0 Å². The molecule has 1 aromatic heterocycles. The first kappa shape index (κ1) is 22.1. The molecule has 0 spiro atoms. The molecule has 0 saturated carbocycles. The Labute approximate surface area is 299 Å². The van der Waals surface area contributed by atoms with Gasteiger partial charge in [-0.25, -0.2) is 0 Å². The second-order valence-corrected chi connectivity index (χ2v) is 12.4. The molecule has 0 N–H and O–H groups in total. The molecule has 2 heteroatoms. The molecule has 1 heterocycles. The summed E-state index contributed by atoms with van der Waals surface area (Å²) < 4.78 is 67.9. The second kappa shape index (κ2) is 11.5. The maximum absolute atomic E-state index is 9.35. The predicted molar refractivity (Wildman–Crippen MR) is 212 cm³/mol.